The van der Waals surface area contributed by atoms with Crippen molar-refractivity contribution in [1.29, 1.82) is 0 Å². The second-order valence-corrected chi connectivity index (χ2v) is 37.2. The van der Waals surface area contributed by atoms with Crippen molar-refractivity contribution in [1.82, 2.24) is 0 Å². The van der Waals surface area contributed by atoms with Gasteiger partial charge in [-0.3, -0.25) is 0 Å². The molecule has 1 aliphatic rings. The Morgan fingerprint density at radius 3 is 2.00 bits per heavy atom. The van der Waals surface area contributed by atoms with Crippen molar-refractivity contribution >= 4 is 0 Å². The zero-order valence-corrected chi connectivity index (χ0v) is 15.2. The molecule has 1 rings (SSSR count). The molecule has 0 amide bonds. The van der Waals surface area contributed by atoms with Crippen molar-refractivity contribution in [2.24, 2.45) is 0 Å². The minimum absolute atomic E-state index is 1.12. The number of hydrogen-bond donors (Lipinski definition) is 0. The second-order valence-electron chi connectivity index (χ2n) is 11.3. The molecule has 0 saturated carbocycles. The van der Waals surface area contributed by atoms with Crippen LogP contribution in [0.25, 0.3) is 0 Å². The van der Waals surface area contributed by atoms with Crippen LogP contribution >= 0.6 is 0 Å². The van der Waals surface area contributed by atoms with E-state index in [9.17, 15) is 0 Å². The van der Waals surface area contributed by atoms with Crippen molar-refractivity contribution in [3.05, 3.63) is 43.7 Å². The first-order chi connectivity index (χ1) is 7.65. The van der Waals surface area contributed by atoms with Crippen molar-refractivity contribution in [2.75, 3.05) is 0 Å². The van der Waals surface area contributed by atoms with Gasteiger partial charge in [-0.2, -0.15) is 0 Å². The Morgan fingerprint density at radius 2 is 1.61 bits per heavy atom. The van der Waals surface area contributed by atoms with Crippen LogP contribution < -0.4 is 0 Å². The van der Waals surface area contributed by atoms with Crippen LogP contribution in [-0.2, 0) is 12.7 Å². The van der Waals surface area contributed by atoms with E-state index in [0.29, 0.717) is 0 Å². The topological polar surface area (TPSA) is 0 Å². The van der Waals surface area contributed by atoms with E-state index in [2.05, 4.69) is 75.6 Å². The predicted molar refractivity (Wildman–Crippen MR) is 84.3 cm³/mol. The fourth-order valence-corrected chi connectivity index (χ4v) is 11.2. The van der Waals surface area contributed by atoms with Gasteiger partial charge in [-0.15, -0.1) is 0 Å². The van der Waals surface area contributed by atoms with E-state index >= 15 is 0 Å². The normalized spacial score (nSPS) is 22.6. The Labute approximate surface area is 109 Å². The number of rotatable bonds is 3. The second kappa shape index (κ2) is 3.22. The summed E-state index contributed by atoms with van der Waals surface area (Å²) in [6.45, 7) is 6.57. The average molecular weight is 283 g/mol. The molecule has 0 heterocycles. The van der Waals surface area contributed by atoms with E-state index in [1.165, 1.54) is 11.1 Å². The quantitative estimate of drug-likeness (QED) is 0.399. The predicted octanol–water partition coefficient (Wildman–Crippen LogP) is 6.70. The van der Waals surface area contributed by atoms with Crippen LogP contribution in [0, 0.1) is 0 Å². The molecule has 0 fully saturated rings. The first-order valence-electron chi connectivity index (χ1n) is 7.12. The molecule has 0 saturated heterocycles. The van der Waals surface area contributed by atoms with E-state index in [1.54, 1.807) is 3.88 Å². The van der Waals surface area contributed by atoms with Gasteiger partial charge in [0, 0.05) is 0 Å². The van der Waals surface area contributed by atoms with Gasteiger partial charge in [0.15, 0.2) is 0 Å². The summed E-state index contributed by atoms with van der Waals surface area (Å²) < 4.78 is 4.23. The minimum atomic E-state index is -3.69. The summed E-state index contributed by atoms with van der Waals surface area (Å²) in [6.07, 6.45) is 10.3. The molecule has 1 aliphatic carbocycles. The Kier molecular flexibility index (Phi) is 2.81. The Morgan fingerprint density at radius 1 is 1.06 bits per heavy atom. The van der Waals surface area contributed by atoms with Crippen molar-refractivity contribution in [3.8, 4) is 0 Å². The van der Waals surface area contributed by atoms with Gasteiger partial charge >= 0.3 is 110 Å². The molecule has 0 N–H and O–H groups in total. The fraction of sp³-hybridized carbons (Fsp3) is 0.529. The van der Waals surface area contributed by atoms with Gasteiger partial charge in [-0.1, -0.05) is 0 Å². The summed E-state index contributed by atoms with van der Waals surface area (Å²) >= 11 is -3.69. The van der Waals surface area contributed by atoms with Crippen molar-refractivity contribution in [2.45, 2.75) is 53.3 Å². The zero-order valence-electron chi connectivity index (χ0n) is 13.6. The summed E-state index contributed by atoms with van der Waals surface area (Å²) in [5.74, 6) is 0. The standard InChI is InChI=1S/C7H11.C5H5.5CH3.Ti/c1-6(2)5-7(3)4;1-2-4-5-3-1;;;;;;/h1,5H,2-4H3;1-3H,4H2;5*1H3;. The van der Waals surface area contributed by atoms with Crippen LogP contribution in [0.1, 0.15) is 27.2 Å². The Hall–Kier alpha value is -0.326. The van der Waals surface area contributed by atoms with Crippen molar-refractivity contribution < 1.29 is 12.7 Å². The molecule has 0 aliphatic heterocycles. The summed E-state index contributed by atoms with van der Waals surface area (Å²) in [5.41, 5.74) is 2.77. The molecule has 1 heteroatoms. The molecule has 0 aromatic rings. The molecule has 0 bridgehead atoms. The first kappa shape index (κ1) is 15.7. The van der Waals surface area contributed by atoms with Crippen LogP contribution in [0.2, 0.25) is 26.1 Å². The molecule has 0 aromatic carbocycles. The summed E-state index contributed by atoms with van der Waals surface area (Å²) in [5, 5.41) is 12.6. The van der Waals surface area contributed by atoms with Gasteiger partial charge in [0.05, 0.1) is 0 Å². The maximum absolute atomic E-state index is 3.69. The van der Waals surface area contributed by atoms with Crippen LogP contribution in [0.5, 0.6) is 0 Å². The molecule has 103 valence electrons. The molecule has 0 unspecified atom stereocenters. The van der Waals surface area contributed by atoms with Crippen molar-refractivity contribution in [3.63, 3.8) is 0 Å². The Balaban J connectivity index is 3.52. The van der Waals surface area contributed by atoms with Gasteiger partial charge in [0.2, 0.25) is 0 Å². The van der Waals surface area contributed by atoms with Gasteiger partial charge in [-0.25, -0.2) is 0 Å². The molecular weight excluding hydrogens is 252 g/mol. The van der Waals surface area contributed by atoms with E-state index in [0.717, 1.165) is 6.42 Å². The van der Waals surface area contributed by atoms with Gasteiger partial charge in [0.1, 0.15) is 0 Å². The summed E-state index contributed by atoms with van der Waals surface area (Å²) in [6, 6.07) is 0. The number of allylic oxidation sites excluding steroid dienone is 7. The molecular formula is C17H31Ti. The SMILES string of the molecule is CC(C)=CC(C)=[CH][Ti]([CH3])([CH3])([CH3])([CH3])([CH3])[C]1=CC=CC1. The van der Waals surface area contributed by atoms with Gasteiger partial charge in [-0.05, 0) is 0 Å². The van der Waals surface area contributed by atoms with E-state index in [1.807, 2.05) is 0 Å². The Bertz CT molecular complexity index is 502. The molecule has 0 aromatic heterocycles. The van der Waals surface area contributed by atoms with E-state index in [-0.39, 0.29) is 0 Å². The summed E-state index contributed by atoms with van der Waals surface area (Å²) in [4.78, 5) is 0. The third kappa shape index (κ3) is 3.59. The maximum atomic E-state index is 2.60. The van der Waals surface area contributed by atoms with Gasteiger partial charge < -0.3 is 0 Å². The molecule has 0 atom stereocenters. The average Bonchev–Trinajstić information content (AvgIpc) is 2.47. The first-order valence-corrected chi connectivity index (χ1v) is 16.6. The van der Waals surface area contributed by atoms with Gasteiger partial charge in [0.25, 0.3) is 0 Å². The van der Waals surface area contributed by atoms with Crippen LogP contribution in [0.3, 0.4) is 0 Å². The summed E-state index contributed by atoms with van der Waals surface area (Å²) in [7, 11) is 0. The van der Waals surface area contributed by atoms with Crippen LogP contribution in [0.4, 0.5) is 0 Å². The van der Waals surface area contributed by atoms with E-state index in [4.69, 9.17) is 0 Å². The monoisotopic (exact) mass is 283 g/mol. The van der Waals surface area contributed by atoms with Crippen LogP contribution in [-0.4, -0.2) is 0 Å². The molecule has 0 radical (unpaired) electrons. The molecule has 18 heavy (non-hydrogen) atoms. The molecule has 0 nitrogen and oxygen atoms in total. The fourth-order valence-electron chi connectivity index (χ4n) is 3.32. The third-order valence-electron chi connectivity index (χ3n) is 4.10. The van der Waals surface area contributed by atoms with Crippen LogP contribution in [0.15, 0.2) is 43.7 Å². The third-order valence-corrected chi connectivity index (χ3v) is 13.5. The number of hydrogen-bond acceptors (Lipinski definition) is 0. The van der Waals surface area contributed by atoms with E-state index < -0.39 is 12.7 Å². The zero-order chi connectivity index (χ0) is 14.4. The molecule has 0 spiro atoms.